The number of carbonyl (C=O) groups is 2. The average Bonchev–Trinajstić information content (AvgIpc) is 2.89. The van der Waals surface area contributed by atoms with E-state index in [1.54, 1.807) is 18.2 Å². The van der Waals surface area contributed by atoms with E-state index in [1.165, 1.54) is 12.1 Å². The Hall–Kier alpha value is -4.01. The largest absolute Gasteiger partial charge is 0.573 e. The number of hydrogen-bond donors (Lipinski definition) is 0. The van der Waals surface area contributed by atoms with Crippen LogP contribution in [0.15, 0.2) is 66.7 Å². The molecule has 214 valence electrons. The third kappa shape index (κ3) is 8.00. The molecule has 0 saturated carbocycles. The molecule has 0 unspecified atom stereocenters. The molecule has 6 nitrogen and oxygen atoms in total. The van der Waals surface area contributed by atoms with E-state index in [-0.39, 0.29) is 23.8 Å². The lowest BCUT2D eigenvalue weighted by atomic mass is 9.86. The van der Waals surface area contributed by atoms with Gasteiger partial charge in [-0.3, -0.25) is 4.79 Å². The van der Waals surface area contributed by atoms with Crippen LogP contribution in [-0.2, 0) is 21.5 Å². The SMILES string of the molecule is CCC(CC)Oc1ccc(N(Cc2ccc(C(C)(C)C)cc2)C(=O)C(=O)[O-])c(-c2ccc(OC(F)(F)F)cc2)c1. The molecule has 0 spiro atoms. The molecule has 0 aliphatic rings. The minimum atomic E-state index is -4.85. The monoisotopic (exact) mass is 556 g/mol. The van der Waals surface area contributed by atoms with Crippen molar-refractivity contribution in [3.8, 4) is 22.6 Å². The van der Waals surface area contributed by atoms with Crippen molar-refractivity contribution in [2.45, 2.75) is 71.9 Å². The van der Waals surface area contributed by atoms with Gasteiger partial charge in [-0.05, 0) is 65.3 Å². The van der Waals surface area contributed by atoms with E-state index >= 15 is 0 Å². The van der Waals surface area contributed by atoms with Gasteiger partial charge in [0.05, 0.1) is 18.3 Å². The summed E-state index contributed by atoms with van der Waals surface area (Å²) >= 11 is 0. The van der Waals surface area contributed by atoms with E-state index in [9.17, 15) is 27.9 Å². The van der Waals surface area contributed by atoms with E-state index < -0.39 is 24.0 Å². The van der Waals surface area contributed by atoms with E-state index in [0.29, 0.717) is 22.4 Å². The molecule has 0 radical (unpaired) electrons. The zero-order valence-electron chi connectivity index (χ0n) is 23.2. The van der Waals surface area contributed by atoms with Gasteiger partial charge in [0, 0.05) is 5.56 Å². The van der Waals surface area contributed by atoms with Crippen molar-refractivity contribution in [3.05, 3.63) is 77.9 Å². The number of ether oxygens (including phenoxy) is 2. The van der Waals surface area contributed by atoms with Crippen LogP contribution >= 0.6 is 0 Å². The Morgan fingerprint density at radius 1 is 0.875 bits per heavy atom. The summed E-state index contributed by atoms with van der Waals surface area (Å²) in [5.41, 5.74) is 2.70. The van der Waals surface area contributed by atoms with Gasteiger partial charge in [-0.1, -0.05) is 71.0 Å². The summed E-state index contributed by atoms with van der Waals surface area (Å²) in [6.07, 6.45) is -3.44. The fourth-order valence-corrected chi connectivity index (χ4v) is 4.21. The molecule has 0 saturated heterocycles. The molecule has 9 heteroatoms. The molecule has 0 N–H and O–H groups in total. The quantitative estimate of drug-likeness (QED) is 0.285. The van der Waals surface area contributed by atoms with Gasteiger partial charge in [0.15, 0.2) is 0 Å². The molecule has 0 aliphatic heterocycles. The molecule has 3 rings (SSSR count). The van der Waals surface area contributed by atoms with E-state index in [0.717, 1.165) is 35.4 Å². The second-order valence-corrected chi connectivity index (χ2v) is 10.4. The van der Waals surface area contributed by atoms with E-state index in [4.69, 9.17) is 4.74 Å². The van der Waals surface area contributed by atoms with Gasteiger partial charge in [-0.15, -0.1) is 13.2 Å². The number of aliphatic carboxylic acids is 1. The molecule has 0 fully saturated rings. The third-order valence-electron chi connectivity index (χ3n) is 6.45. The van der Waals surface area contributed by atoms with Crippen LogP contribution in [0.5, 0.6) is 11.5 Å². The van der Waals surface area contributed by atoms with Crippen LogP contribution in [0.3, 0.4) is 0 Å². The Morgan fingerprint density at radius 3 is 1.95 bits per heavy atom. The molecular formula is C31H33F3NO5-. The zero-order chi connectivity index (χ0) is 29.7. The molecule has 3 aromatic rings. The van der Waals surface area contributed by atoms with Gasteiger partial charge in [0.2, 0.25) is 0 Å². The van der Waals surface area contributed by atoms with Crippen LogP contribution in [-0.4, -0.2) is 24.3 Å². The number of carbonyl (C=O) groups excluding carboxylic acids is 2. The Morgan fingerprint density at radius 2 is 1.45 bits per heavy atom. The summed E-state index contributed by atoms with van der Waals surface area (Å²) in [7, 11) is 0. The fourth-order valence-electron chi connectivity index (χ4n) is 4.21. The number of nitrogens with zero attached hydrogens (tertiary/aromatic N) is 1. The fraction of sp³-hybridized carbons (Fsp3) is 0.355. The van der Waals surface area contributed by atoms with Gasteiger partial charge in [-0.25, -0.2) is 0 Å². The number of hydrogen-bond acceptors (Lipinski definition) is 5. The van der Waals surface area contributed by atoms with Crippen molar-refractivity contribution in [2.75, 3.05) is 4.90 Å². The van der Waals surface area contributed by atoms with Crippen molar-refractivity contribution in [2.24, 2.45) is 0 Å². The lowest BCUT2D eigenvalue weighted by Crippen LogP contribution is -2.44. The highest BCUT2D eigenvalue weighted by Crippen LogP contribution is 2.37. The average molecular weight is 557 g/mol. The Kier molecular flexibility index (Phi) is 9.50. The zero-order valence-corrected chi connectivity index (χ0v) is 23.2. The van der Waals surface area contributed by atoms with Crippen molar-refractivity contribution >= 4 is 17.6 Å². The van der Waals surface area contributed by atoms with Crippen LogP contribution in [0.2, 0.25) is 0 Å². The minimum Gasteiger partial charge on any atom is -0.540 e. The van der Waals surface area contributed by atoms with Crippen LogP contribution in [0.4, 0.5) is 18.9 Å². The molecule has 0 aliphatic carbocycles. The molecule has 3 aromatic carbocycles. The minimum absolute atomic E-state index is 0.0771. The lowest BCUT2D eigenvalue weighted by molar-refractivity contribution is -0.300. The second kappa shape index (κ2) is 12.4. The van der Waals surface area contributed by atoms with Crippen LogP contribution in [0, 0.1) is 0 Å². The smallest absolute Gasteiger partial charge is 0.540 e. The predicted octanol–water partition coefficient (Wildman–Crippen LogP) is 6.40. The Labute approximate surface area is 232 Å². The van der Waals surface area contributed by atoms with Crippen molar-refractivity contribution in [3.63, 3.8) is 0 Å². The molecule has 0 heterocycles. The highest BCUT2D eigenvalue weighted by atomic mass is 19.4. The number of anilines is 1. The number of benzene rings is 3. The second-order valence-electron chi connectivity index (χ2n) is 10.4. The maximum Gasteiger partial charge on any atom is 0.573 e. The molecular weight excluding hydrogens is 523 g/mol. The predicted molar refractivity (Wildman–Crippen MR) is 145 cm³/mol. The standard InChI is InChI=1S/C31H34F3NO5/c1-6-23(7-2)39-25-16-17-27(26(18-25)21-10-14-24(15-11-21)40-31(32,33)34)35(28(36)29(37)38)19-20-8-12-22(13-9-20)30(3,4)5/h8-18,23H,6-7,19H2,1-5H3,(H,37,38)/p-1. The third-order valence-corrected chi connectivity index (χ3v) is 6.45. The van der Waals surface area contributed by atoms with Crippen LogP contribution in [0.25, 0.3) is 11.1 Å². The Bertz CT molecular complexity index is 1310. The molecule has 0 bridgehead atoms. The number of carboxylic acid groups (broad SMARTS) is 1. The first kappa shape index (κ1) is 30.5. The number of halogens is 3. The highest BCUT2D eigenvalue weighted by Gasteiger charge is 2.31. The van der Waals surface area contributed by atoms with Crippen molar-refractivity contribution in [1.82, 2.24) is 0 Å². The van der Waals surface area contributed by atoms with Crippen molar-refractivity contribution in [1.29, 1.82) is 0 Å². The molecule has 1 amide bonds. The topological polar surface area (TPSA) is 78.9 Å². The number of rotatable bonds is 9. The summed E-state index contributed by atoms with van der Waals surface area (Å²) in [6.45, 7) is 10.1. The first-order valence-electron chi connectivity index (χ1n) is 13.0. The summed E-state index contributed by atoms with van der Waals surface area (Å²) in [5, 5.41) is 11.8. The van der Waals surface area contributed by atoms with Crippen LogP contribution in [0.1, 0.15) is 58.6 Å². The maximum absolute atomic E-state index is 12.9. The summed E-state index contributed by atoms with van der Waals surface area (Å²) in [4.78, 5) is 25.7. The summed E-state index contributed by atoms with van der Waals surface area (Å²) in [5.74, 6) is -3.09. The molecule has 0 atom stereocenters. The molecule has 0 aromatic heterocycles. The summed E-state index contributed by atoms with van der Waals surface area (Å²) in [6, 6.07) is 17.4. The molecule has 40 heavy (non-hydrogen) atoms. The van der Waals surface area contributed by atoms with Gasteiger partial charge in [0.1, 0.15) is 17.5 Å². The first-order valence-corrected chi connectivity index (χ1v) is 13.0. The van der Waals surface area contributed by atoms with E-state index in [2.05, 4.69) is 25.5 Å². The number of carboxylic acids is 1. The van der Waals surface area contributed by atoms with Gasteiger partial charge < -0.3 is 24.3 Å². The van der Waals surface area contributed by atoms with E-state index in [1.807, 2.05) is 38.1 Å². The maximum atomic E-state index is 12.9. The number of amides is 1. The Balaban J connectivity index is 2.11. The van der Waals surface area contributed by atoms with Crippen LogP contribution < -0.4 is 19.5 Å². The highest BCUT2D eigenvalue weighted by molar-refractivity contribution is 6.36. The summed E-state index contributed by atoms with van der Waals surface area (Å²) < 4.78 is 48.1. The normalized spacial score (nSPS) is 11.8. The number of alkyl halides is 3. The first-order chi connectivity index (χ1) is 18.7. The van der Waals surface area contributed by atoms with Crippen molar-refractivity contribution < 1.29 is 37.3 Å². The lowest BCUT2D eigenvalue weighted by Gasteiger charge is -2.27. The van der Waals surface area contributed by atoms with Gasteiger partial charge >= 0.3 is 6.36 Å². The van der Waals surface area contributed by atoms with Gasteiger partial charge in [-0.2, -0.15) is 0 Å². The van der Waals surface area contributed by atoms with Gasteiger partial charge in [0.25, 0.3) is 5.91 Å².